The third kappa shape index (κ3) is 6.14. The quantitative estimate of drug-likeness (QED) is 0.805. The third-order valence-corrected chi connectivity index (χ3v) is 4.63. The summed E-state index contributed by atoms with van der Waals surface area (Å²) in [6, 6.07) is 8.53. The van der Waals surface area contributed by atoms with Crippen LogP contribution in [0.2, 0.25) is 0 Å². The summed E-state index contributed by atoms with van der Waals surface area (Å²) in [6.07, 6.45) is 0. The molecule has 1 aromatic rings. The highest BCUT2D eigenvalue weighted by molar-refractivity contribution is 5.78. The zero-order valence-corrected chi connectivity index (χ0v) is 15.4. The second kappa shape index (κ2) is 8.97. The standard InChI is InChI=1S/C19H29N3O3/c1-15-5-4-6-17(11-15)13-21-7-9-22(10-8-21)18(23)14-20(3)12-16(2)19(24)25/h4-6,11,16H,7-10,12-14H2,1-3H3,(H,24,25). The van der Waals surface area contributed by atoms with Crippen molar-refractivity contribution in [2.45, 2.75) is 20.4 Å². The van der Waals surface area contributed by atoms with E-state index >= 15 is 0 Å². The molecule has 1 aliphatic heterocycles. The maximum Gasteiger partial charge on any atom is 0.307 e. The van der Waals surface area contributed by atoms with E-state index in [1.807, 2.05) is 4.90 Å². The number of rotatable bonds is 7. The average molecular weight is 347 g/mol. The van der Waals surface area contributed by atoms with Crippen molar-refractivity contribution in [1.29, 1.82) is 0 Å². The van der Waals surface area contributed by atoms with E-state index in [9.17, 15) is 9.59 Å². The maximum absolute atomic E-state index is 12.4. The molecule has 0 saturated carbocycles. The molecular weight excluding hydrogens is 318 g/mol. The lowest BCUT2D eigenvalue weighted by Crippen LogP contribution is -2.50. The summed E-state index contributed by atoms with van der Waals surface area (Å²) >= 11 is 0. The molecule has 1 aliphatic rings. The Balaban J connectivity index is 1.75. The van der Waals surface area contributed by atoms with Crippen molar-refractivity contribution in [3.63, 3.8) is 0 Å². The number of hydrogen-bond acceptors (Lipinski definition) is 4. The molecule has 0 aliphatic carbocycles. The monoisotopic (exact) mass is 347 g/mol. The molecule has 1 heterocycles. The molecule has 1 saturated heterocycles. The van der Waals surface area contributed by atoms with E-state index in [1.54, 1.807) is 18.9 Å². The summed E-state index contributed by atoms with van der Waals surface area (Å²) in [5, 5.41) is 8.95. The molecule has 0 aromatic heterocycles. The van der Waals surface area contributed by atoms with Crippen LogP contribution < -0.4 is 0 Å². The average Bonchev–Trinajstić information content (AvgIpc) is 2.55. The summed E-state index contributed by atoms with van der Waals surface area (Å²) < 4.78 is 0. The molecule has 25 heavy (non-hydrogen) atoms. The van der Waals surface area contributed by atoms with Gasteiger partial charge in [0.1, 0.15) is 0 Å². The van der Waals surface area contributed by atoms with Gasteiger partial charge in [-0.15, -0.1) is 0 Å². The van der Waals surface area contributed by atoms with E-state index in [1.165, 1.54) is 11.1 Å². The van der Waals surface area contributed by atoms with Gasteiger partial charge in [0.05, 0.1) is 12.5 Å². The van der Waals surface area contributed by atoms with Gasteiger partial charge in [0.2, 0.25) is 5.91 Å². The van der Waals surface area contributed by atoms with Crippen molar-refractivity contribution in [2.75, 3.05) is 46.3 Å². The first-order chi connectivity index (χ1) is 11.8. The van der Waals surface area contributed by atoms with Crippen molar-refractivity contribution in [2.24, 2.45) is 5.92 Å². The zero-order valence-electron chi connectivity index (χ0n) is 15.4. The number of carboxylic acids is 1. The number of aryl methyl sites for hydroxylation is 1. The summed E-state index contributed by atoms with van der Waals surface area (Å²) in [6.45, 7) is 8.53. The minimum Gasteiger partial charge on any atom is -0.481 e. The van der Waals surface area contributed by atoms with E-state index < -0.39 is 11.9 Å². The largest absolute Gasteiger partial charge is 0.481 e. The maximum atomic E-state index is 12.4. The molecule has 1 amide bonds. The molecule has 0 radical (unpaired) electrons. The number of nitrogens with zero attached hydrogens (tertiary/aromatic N) is 3. The number of carboxylic acid groups (broad SMARTS) is 1. The van der Waals surface area contributed by atoms with Crippen LogP contribution in [0.1, 0.15) is 18.1 Å². The zero-order chi connectivity index (χ0) is 18.4. The number of hydrogen-bond donors (Lipinski definition) is 1. The lowest BCUT2D eigenvalue weighted by molar-refractivity contribution is -0.142. The Morgan fingerprint density at radius 3 is 2.52 bits per heavy atom. The van der Waals surface area contributed by atoms with E-state index in [-0.39, 0.29) is 12.5 Å². The number of piperazine rings is 1. The first kappa shape index (κ1) is 19.4. The van der Waals surface area contributed by atoms with Crippen LogP contribution in [0.4, 0.5) is 0 Å². The number of carbonyl (C=O) groups is 2. The van der Waals surface area contributed by atoms with Crippen LogP contribution in [0.25, 0.3) is 0 Å². The third-order valence-electron chi connectivity index (χ3n) is 4.63. The Labute approximate surface area is 150 Å². The Morgan fingerprint density at radius 2 is 1.92 bits per heavy atom. The van der Waals surface area contributed by atoms with Crippen molar-refractivity contribution < 1.29 is 14.7 Å². The number of likely N-dealkylation sites (N-methyl/N-ethyl adjacent to an activating group) is 1. The van der Waals surface area contributed by atoms with Gasteiger partial charge in [-0.05, 0) is 19.5 Å². The number of amides is 1. The minimum absolute atomic E-state index is 0.0790. The van der Waals surface area contributed by atoms with Crippen LogP contribution in [-0.2, 0) is 16.1 Å². The first-order valence-corrected chi connectivity index (χ1v) is 8.82. The highest BCUT2D eigenvalue weighted by Gasteiger charge is 2.23. The fraction of sp³-hybridized carbons (Fsp3) is 0.579. The molecule has 138 valence electrons. The summed E-state index contributed by atoms with van der Waals surface area (Å²) in [4.78, 5) is 29.3. The molecule has 1 atom stereocenters. The van der Waals surface area contributed by atoms with Crippen LogP contribution in [0.3, 0.4) is 0 Å². The highest BCUT2D eigenvalue weighted by Crippen LogP contribution is 2.11. The fourth-order valence-electron chi connectivity index (χ4n) is 3.17. The van der Waals surface area contributed by atoms with Crippen molar-refractivity contribution in [3.8, 4) is 0 Å². The van der Waals surface area contributed by atoms with Crippen LogP contribution in [0.5, 0.6) is 0 Å². The van der Waals surface area contributed by atoms with E-state index in [0.29, 0.717) is 6.54 Å². The Hall–Kier alpha value is -1.92. The summed E-state index contributed by atoms with van der Waals surface area (Å²) in [7, 11) is 1.80. The Morgan fingerprint density at radius 1 is 1.24 bits per heavy atom. The van der Waals surface area contributed by atoms with Gasteiger partial charge in [-0.25, -0.2) is 0 Å². The number of carbonyl (C=O) groups excluding carboxylic acids is 1. The predicted octanol–water partition coefficient (Wildman–Crippen LogP) is 1.29. The van der Waals surface area contributed by atoms with Crippen molar-refractivity contribution in [1.82, 2.24) is 14.7 Å². The Bertz CT molecular complexity index is 597. The van der Waals surface area contributed by atoms with Gasteiger partial charge < -0.3 is 10.0 Å². The molecule has 1 unspecified atom stereocenters. The normalized spacial score (nSPS) is 16.9. The lowest BCUT2D eigenvalue weighted by atomic mass is 10.1. The van der Waals surface area contributed by atoms with Crippen LogP contribution in [0.15, 0.2) is 24.3 Å². The topological polar surface area (TPSA) is 64.1 Å². The molecule has 0 bridgehead atoms. The second-order valence-electron chi connectivity index (χ2n) is 7.08. The molecule has 1 N–H and O–H groups in total. The molecule has 1 fully saturated rings. The van der Waals surface area contributed by atoms with Crippen molar-refractivity contribution >= 4 is 11.9 Å². The van der Waals surface area contributed by atoms with Gasteiger partial charge in [0.15, 0.2) is 0 Å². The van der Waals surface area contributed by atoms with Gasteiger partial charge in [-0.2, -0.15) is 0 Å². The molecular formula is C19H29N3O3. The summed E-state index contributed by atoms with van der Waals surface area (Å²) in [5.41, 5.74) is 2.58. The first-order valence-electron chi connectivity index (χ1n) is 8.82. The molecule has 1 aromatic carbocycles. The molecule has 0 spiro atoms. The van der Waals surface area contributed by atoms with E-state index in [2.05, 4.69) is 36.1 Å². The molecule has 6 heteroatoms. The van der Waals surface area contributed by atoms with Gasteiger partial charge in [0, 0.05) is 39.3 Å². The van der Waals surface area contributed by atoms with Crippen LogP contribution in [0, 0.1) is 12.8 Å². The minimum atomic E-state index is -0.830. The van der Waals surface area contributed by atoms with E-state index in [0.717, 1.165) is 32.7 Å². The molecule has 2 rings (SSSR count). The van der Waals surface area contributed by atoms with Gasteiger partial charge in [-0.3, -0.25) is 19.4 Å². The molecule has 6 nitrogen and oxygen atoms in total. The Kier molecular flexibility index (Phi) is 6.96. The fourth-order valence-corrected chi connectivity index (χ4v) is 3.17. The van der Waals surface area contributed by atoms with Gasteiger partial charge in [0.25, 0.3) is 0 Å². The SMILES string of the molecule is Cc1cccc(CN2CCN(C(=O)CN(C)CC(C)C(=O)O)CC2)c1. The summed E-state index contributed by atoms with van der Waals surface area (Å²) in [5.74, 6) is -1.22. The second-order valence-corrected chi connectivity index (χ2v) is 7.08. The van der Waals surface area contributed by atoms with Crippen molar-refractivity contribution in [3.05, 3.63) is 35.4 Å². The predicted molar refractivity (Wildman–Crippen MR) is 97.3 cm³/mol. The number of benzene rings is 1. The van der Waals surface area contributed by atoms with Gasteiger partial charge in [-0.1, -0.05) is 36.8 Å². The van der Waals surface area contributed by atoms with E-state index in [4.69, 9.17) is 5.11 Å². The lowest BCUT2D eigenvalue weighted by Gasteiger charge is -2.35. The number of aliphatic carboxylic acids is 1. The van der Waals surface area contributed by atoms with Crippen LogP contribution >= 0.6 is 0 Å². The highest BCUT2D eigenvalue weighted by atomic mass is 16.4. The van der Waals surface area contributed by atoms with Gasteiger partial charge >= 0.3 is 5.97 Å². The van der Waals surface area contributed by atoms with Crippen LogP contribution in [-0.4, -0.2) is 78.0 Å². The smallest absolute Gasteiger partial charge is 0.307 e.